The van der Waals surface area contributed by atoms with E-state index in [-0.39, 0.29) is 18.2 Å². The maximum atomic E-state index is 11.7. The average Bonchev–Trinajstić information content (AvgIpc) is 2.34. The zero-order chi connectivity index (χ0) is 15.3. The van der Waals surface area contributed by atoms with Gasteiger partial charge in [-0.2, -0.15) is 0 Å². The molecule has 1 saturated heterocycles. The van der Waals surface area contributed by atoms with Crippen LogP contribution < -0.4 is 10.6 Å². The average molecular weight is 287 g/mol. The topological polar surface area (TPSA) is 79.9 Å². The van der Waals surface area contributed by atoms with Gasteiger partial charge >= 0.3 is 12.1 Å². The van der Waals surface area contributed by atoms with Gasteiger partial charge in [0.1, 0.15) is 11.6 Å². The number of ether oxygens (including phenoxy) is 2. The third kappa shape index (κ3) is 5.34. The normalized spacial score (nSPS) is 21.9. The molecule has 0 aromatic carbocycles. The molecule has 1 fully saturated rings. The number of carbonyl (C=O) groups is 2. The molecule has 0 bridgehead atoms. The lowest BCUT2D eigenvalue weighted by Crippen LogP contribution is -2.61. The van der Waals surface area contributed by atoms with E-state index in [1.54, 1.807) is 6.92 Å². The van der Waals surface area contributed by atoms with Crippen LogP contribution in [-0.4, -0.2) is 61.5 Å². The molecule has 2 atom stereocenters. The molecule has 0 radical (unpaired) electrons. The second kappa shape index (κ2) is 6.90. The minimum Gasteiger partial charge on any atom is -0.468 e. The molecule has 0 unspecified atom stereocenters. The Kier molecular flexibility index (Phi) is 5.76. The lowest BCUT2D eigenvalue weighted by molar-refractivity contribution is -0.146. The molecule has 20 heavy (non-hydrogen) atoms. The minimum atomic E-state index is -0.530. The molecule has 0 aromatic rings. The first-order valence-corrected chi connectivity index (χ1v) is 6.77. The van der Waals surface area contributed by atoms with Crippen molar-refractivity contribution in [2.24, 2.45) is 0 Å². The largest absolute Gasteiger partial charge is 0.468 e. The maximum absolute atomic E-state index is 11.7. The summed E-state index contributed by atoms with van der Waals surface area (Å²) in [6.45, 7) is 9.16. The number of carbonyl (C=O) groups excluding carboxylic acids is 2. The first kappa shape index (κ1) is 16.7. The van der Waals surface area contributed by atoms with Crippen molar-refractivity contribution in [2.75, 3.05) is 26.7 Å². The molecule has 1 aliphatic heterocycles. The fourth-order valence-corrected chi connectivity index (χ4v) is 1.99. The van der Waals surface area contributed by atoms with E-state index >= 15 is 0 Å². The highest BCUT2D eigenvalue weighted by atomic mass is 16.6. The molecule has 1 heterocycles. The molecule has 1 aliphatic rings. The molecule has 1 rings (SSSR count). The number of amides is 1. The maximum Gasteiger partial charge on any atom is 0.408 e. The lowest BCUT2D eigenvalue weighted by Gasteiger charge is -2.36. The summed E-state index contributed by atoms with van der Waals surface area (Å²) >= 11 is 0. The Morgan fingerprint density at radius 3 is 2.60 bits per heavy atom. The second-order valence-corrected chi connectivity index (χ2v) is 5.85. The van der Waals surface area contributed by atoms with Crippen LogP contribution in [0.5, 0.6) is 0 Å². The predicted molar refractivity (Wildman–Crippen MR) is 74.2 cm³/mol. The Morgan fingerprint density at radius 1 is 1.40 bits per heavy atom. The molecule has 1 amide bonds. The van der Waals surface area contributed by atoms with E-state index < -0.39 is 11.7 Å². The van der Waals surface area contributed by atoms with E-state index in [1.807, 2.05) is 25.7 Å². The van der Waals surface area contributed by atoms with Gasteiger partial charge in [-0.15, -0.1) is 0 Å². The van der Waals surface area contributed by atoms with E-state index in [0.29, 0.717) is 13.1 Å². The van der Waals surface area contributed by atoms with E-state index in [0.717, 1.165) is 6.54 Å². The highest BCUT2D eigenvalue weighted by Crippen LogP contribution is 2.08. The summed E-state index contributed by atoms with van der Waals surface area (Å²) in [7, 11) is 1.37. The predicted octanol–water partition coefficient (Wildman–Crippen LogP) is 0.304. The Hall–Kier alpha value is -1.34. The van der Waals surface area contributed by atoms with Crippen LogP contribution in [0.4, 0.5) is 4.79 Å². The van der Waals surface area contributed by atoms with Crippen LogP contribution in [0.25, 0.3) is 0 Å². The Labute approximate surface area is 120 Å². The number of alkyl carbamates (subject to hydrolysis) is 1. The number of esters is 1. The molecule has 7 heteroatoms. The van der Waals surface area contributed by atoms with Crippen molar-refractivity contribution in [3.8, 4) is 0 Å². The molecular weight excluding hydrogens is 262 g/mol. The van der Waals surface area contributed by atoms with E-state index in [2.05, 4.69) is 10.6 Å². The van der Waals surface area contributed by atoms with Crippen molar-refractivity contribution >= 4 is 12.1 Å². The van der Waals surface area contributed by atoms with Gasteiger partial charge in [0, 0.05) is 19.6 Å². The van der Waals surface area contributed by atoms with E-state index in [1.165, 1.54) is 7.11 Å². The van der Waals surface area contributed by atoms with E-state index in [4.69, 9.17) is 9.47 Å². The summed E-state index contributed by atoms with van der Waals surface area (Å²) in [5.41, 5.74) is -0.530. The standard InChI is InChI=1S/C13H25N3O4/c1-9(11(17)19-5)16-7-6-14-10(8-16)15-12(18)20-13(2,3)4/h9-10,14H,6-8H2,1-5H3,(H,15,18)/t9-,10-/m0/s1. The summed E-state index contributed by atoms with van der Waals surface area (Å²) in [5, 5.41) is 5.92. The van der Waals surface area contributed by atoms with Gasteiger partial charge in [0.05, 0.1) is 13.3 Å². The van der Waals surface area contributed by atoms with Gasteiger partial charge < -0.3 is 14.8 Å². The molecule has 2 N–H and O–H groups in total. The Bertz CT molecular complexity index is 354. The molecule has 0 spiro atoms. The van der Waals surface area contributed by atoms with Gasteiger partial charge in [0.2, 0.25) is 0 Å². The van der Waals surface area contributed by atoms with Crippen molar-refractivity contribution in [1.82, 2.24) is 15.5 Å². The van der Waals surface area contributed by atoms with Crippen LogP contribution in [-0.2, 0) is 14.3 Å². The summed E-state index contributed by atoms with van der Waals surface area (Å²) in [6, 6.07) is -0.329. The third-order valence-electron chi connectivity index (χ3n) is 2.99. The van der Waals surface area contributed by atoms with Gasteiger partial charge in [-0.1, -0.05) is 0 Å². The zero-order valence-corrected chi connectivity index (χ0v) is 12.9. The molecular formula is C13H25N3O4. The van der Waals surface area contributed by atoms with Crippen LogP contribution in [0.1, 0.15) is 27.7 Å². The number of hydrogen-bond acceptors (Lipinski definition) is 6. The van der Waals surface area contributed by atoms with Crippen LogP contribution in [0.15, 0.2) is 0 Å². The van der Waals surface area contributed by atoms with Crippen LogP contribution >= 0.6 is 0 Å². The van der Waals surface area contributed by atoms with Crippen molar-refractivity contribution < 1.29 is 19.1 Å². The van der Waals surface area contributed by atoms with Gasteiger partial charge in [0.25, 0.3) is 0 Å². The number of piperazine rings is 1. The van der Waals surface area contributed by atoms with Crippen LogP contribution in [0.3, 0.4) is 0 Å². The van der Waals surface area contributed by atoms with Crippen molar-refractivity contribution in [2.45, 2.75) is 45.5 Å². The smallest absolute Gasteiger partial charge is 0.408 e. The number of hydrogen-bond donors (Lipinski definition) is 2. The summed E-state index contributed by atoms with van der Waals surface area (Å²) in [6.07, 6.45) is -0.715. The molecule has 0 saturated carbocycles. The number of rotatable bonds is 3. The summed E-state index contributed by atoms with van der Waals surface area (Å²) in [4.78, 5) is 25.2. The lowest BCUT2D eigenvalue weighted by atomic mass is 10.2. The van der Waals surface area contributed by atoms with Gasteiger partial charge in [-0.3, -0.25) is 15.0 Å². The van der Waals surface area contributed by atoms with Gasteiger partial charge in [-0.05, 0) is 27.7 Å². The SMILES string of the molecule is COC(=O)[C@H](C)N1CCN[C@@H](NC(=O)OC(C)(C)C)C1. The van der Waals surface area contributed by atoms with Crippen molar-refractivity contribution in [3.63, 3.8) is 0 Å². The summed E-state index contributed by atoms with van der Waals surface area (Å²) in [5.74, 6) is -0.275. The third-order valence-corrected chi connectivity index (χ3v) is 2.99. The highest BCUT2D eigenvalue weighted by Gasteiger charge is 2.29. The Morgan fingerprint density at radius 2 is 2.05 bits per heavy atom. The molecule has 7 nitrogen and oxygen atoms in total. The fourth-order valence-electron chi connectivity index (χ4n) is 1.99. The van der Waals surface area contributed by atoms with Gasteiger partial charge in [-0.25, -0.2) is 4.79 Å². The van der Waals surface area contributed by atoms with Crippen molar-refractivity contribution in [1.29, 1.82) is 0 Å². The highest BCUT2D eigenvalue weighted by molar-refractivity contribution is 5.75. The monoisotopic (exact) mass is 287 g/mol. The molecule has 116 valence electrons. The summed E-state index contributed by atoms with van der Waals surface area (Å²) < 4.78 is 9.94. The number of methoxy groups -OCH3 is 1. The fraction of sp³-hybridized carbons (Fsp3) is 0.846. The number of nitrogens with one attached hydrogen (secondary N) is 2. The zero-order valence-electron chi connectivity index (χ0n) is 12.9. The first-order chi connectivity index (χ1) is 9.23. The first-order valence-electron chi connectivity index (χ1n) is 6.77. The quantitative estimate of drug-likeness (QED) is 0.727. The molecule has 0 aromatic heterocycles. The van der Waals surface area contributed by atoms with Crippen LogP contribution in [0.2, 0.25) is 0 Å². The van der Waals surface area contributed by atoms with Crippen LogP contribution in [0, 0.1) is 0 Å². The number of nitrogens with zero attached hydrogens (tertiary/aromatic N) is 1. The second-order valence-electron chi connectivity index (χ2n) is 5.85. The minimum absolute atomic E-state index is 0.245. The van der Waals surface area contributed by atoms with Crippen molar-refractivity contribution in [3.05, 3.63) is 0 Å². The van der Waals surface area contributed by atoms with E-state index in [9.17, 15) is 9.59 Å². The Balaban J connectivity index is 2.49. The van der Waals surface area contributed by atoms with Gasteiger partial charge in [0.15, 0.2) is 0 Å². The molecule has 0 aliphatic carbocycles.